The highest BCUT2D eigenvalue weighted by atomic mass is 35.5. The minimum atomic E-state index is 0.253. The molecule has 1 unspecified atom stereocenters. The average Bonchev–Trinajstić information content (AvgIpc) is 2.88. The first-order chi connectivity index (χ1) is 10.1. The molecule has 6 heteroatoms. The lowest BCUT2D eigenvalue weighted by Gasteiger charge is -2.17. The number of nitrogens with zero attached hydrogens (tertiary/aromatic N) is 3. The molecular weight excluding hydrogens is 307 g/mol. The van der Waals surface area contributed by atoms with Gasteiger partial charge >= 0.3 is 0 Å². The van der Waals surface area contributed by atoms with E-state index in [1.54, 1.807) is 12.4 Å². The molecule has 0 aliphatic carbocycles. The van der Waals surface area contributed by atoms with Crippen LogP contribution in [-0.2, 0) is 19.4 Å². The fourth-order valence-electron chi connectivity index (χ4n) is 2.29. The molecule has 2 aromatic rings. The molecule has 1 atom stereocenters. The van der Waals surface area contributed by atoms with Crippen molar-refractivity contribution in [2.75, 3.05) is 7.05 Å². The highest BCUT2D eigenvalue weighted by molar-refractivity contribution is 6.35. The largest absolute Gasteiger partial charge is 0.316 e. The molecule has 0 fully saturated rings. The molecule has 0 bridgehead atoms. The number of hydrogen-bond acceptors (Lipinski definition) is 3. The Morgan fingerprint density at radius 2 is 2.10 bits per heavy atom. The predicted octanol–water partition coefficient (Wildman–Crippen LogP) is 3.37. The van der Waals surface area contributed by atoms with Crippen molar-refractivity contribution in [2.45, 2.75) is 38.8 Å². The maximum absolute atomic E-state index is 6.25. The summed E-state index contributed by atoms with van der Waals surface area (Å²) in [6.07, 6.45) is 4.30. The van der Waals surface area contributed by atoms with Gasteiger partial charge in [0.25, 0.3) is 0 Å². The topological polar surface area (TPSA) is 42.7 Å². The van der Waals surface area contributed by atoms with Crippen LogP contribution in [0, 0.1) is 0 Å². The number of halogens is 2. The zero-order chi connectivity index (χ0) is 15.2. The number of likely N-dealkylation sites (N-methyl/N-ethyl adjacent to an activating group) is 1. The fourth-order valence-corrected chi connectivity index (χ4v) is 2.78. The molecule has 0 aliphatic rings. The normalized spacial score (nSPS) is 12.6. The van der Waals surface area contributed by atoms with Crippen LogP contribution in [0.25, 0.3) is 0 Å². The van der Waals surface area contributed by atoms with Crippen LogP contribution in [0.3, 0.4) is 0 Å². The Kier molecular flexibility index (Phi) is 6.03. The molecule has 114 valence electrons. The third kappa shape index (κ3) is 4.43. The number of hydrogen-bond donors (Lipinski definition) is 1. The summed E-state index contributed by atoms with van der Waals surface area (Å²) in [6.45, 7) is 3.03. The Labute approximate surface area is 135 Å². The summed E-state index contributed by atoms with van der Waals surface area (Å²) in [6, 6.07) is 5.88. The van der Waals surface area contributed by atoms with Crippen LogP contribution in [0.1, 0.15) is 24.7 Å². The molecule has 1 N–H and O–H groups in total. The smallest absolute Gasteiger partial charge is 0.138 e. The molecule has 0 aliphatic heterocycles. The minimum absolute atomic E-state index is 0.253. The van der Waals surface area contributed by atoms with Gasteiger partial charge in [-0.2, -0.15) is 5.10 Å². The molecule has 1 aromatic heterocycles. The van der Waals surface area contributed by atoms with Crippen molar-refractivity contribution < 1.29 is 0 Å². The monoisotopic (exact) mass is 326 g/mol. The van der Waals surface area contributed by atoms with Crippen LogP contribution in [-0.4, -0.2) is 27.9 Å². The lowest BCUT2D eigenvalue weighted by molar-refractivity contribution is 0.501. The van der Waals surface area contributed by atoms with E-state index in [0.29, 0.717) is 10.0 Å². The molecule has 1 heterocycles. The second-order valence-electron chi connectivity index (χ2n) is 5.03. The molecule has 0 saturated carbocycles. The van der Waals surface area contributed by atoms with Gasteiger partial charge in [-0.15, -0.1) is 0 Å². The van der Waals surface area contributed by atoms with Crippen molar-refractivity contribution in [3.05, 3.63) is 46.0 Å². The van der Waals surface area contributed by atoms with Gasteiger partial charge in [-0.25, -0.2) is 4.98 Å². The number of benzene rings is 1. The second-order valence-corrected chi connectivity index (χ2v) is 5.87. The second kappa shape index (κ2) is 7.78. The number of aromatic nitrogens is 3. The van der Waals surface area contributed by atoms with Gasteiger partial charge in [0, 0.05) is 29.1 Å². The summed E-state index contributed by atoms with van der Waals surface area (Å²) >= 11 is 12.2. The van der Waals surface area contributed by atoms with Crippen LogP contribution in [0.5, 0.6) is 0 Å². The fraction of sp³-hybridized carbons (Fsp3) is 0.467. The average molecular weight is 327 g/mol. The molecule has 0 radical (unpaired) electrons. The molecule has 4 nitrogen and oxygen atoms in total. The third-order valence-corrected chi connectivity index (χ3v) is 4.04. The quantitative estimate of drug-likeness (QED) is 0.848. The van der Waals surface area contributed by atoms with Crippen LogP contribution < -0.4 is 5.32 Å². The van der Waals surface area contributed by atoms with Gasteiger partial charge in [0.1, 0.15) is 12.2 Å². The Bertz CT molecular complexity index is 583. The van der Waals surface area contributed by atoms with E-state index in [1.165, 1.54) is 0 Å². The van der Waals surface area contributed by atoms with E-state index in [4.69, 9.17) is 23.2 Å². The van der Waals surface area contributed by atoms with E-state index in [9.17, 15) is 0 Å². The van der Waals surface area contributed by atoms with Crippen LogP contribution in [0.2, 0.25) is 10.0 Å². The summed E-state index contributed by atoms with van der Waals surface area (Å²) in [5.41, 5.74) is 1.09. The molecule has 0 amide bonds. The molecule has 0 spiro atoms. The third-order valence-electron chi connectivity index (χ3n) is 3.45. The van der Waals surface area contributed by atoms with Crippen molar-refractivity contribution in [3.63, 3.8) is 0 Å². The Morgan fingerprint density at radius 1 is 1.29 bits per heavy atom. The van der Waals surface area contributed by atoms with E-state index in [1.807, 2.05) is 23.9 Å². The molecular formula is C15H20Cl2N4. The molecule has 21 heavy (non-hydrogen) atoms. The lowest BCUT2D eigenvalue weighted by Crippen LogP contribution is -2.31. The zero-order valence-corrected chi connectivity index (χ0v) is 13.8. The molecule has 1 aromatic carbocycles. The minimum Gasteiger partial charge on any atom is -0.316 e. The first-order valence-electron chi connectivity index (χ1n) is 7.12. The van der Waals surface area contributed by atoms with Crippen molar-refractivity contribution in [1.82, 2.24) is 20.1 Å². The van der Waals surface area contributed by atoms with Gasteiger partial charge in [-0.3, -0.25) is 4.68 Å². The van der Waals surface area contributed by atoms with Crippen LogP contribution in [0.4, 0.5) is 0 Å². The van der Waals surface area contributed by atoms with Crippen molar-refractivity contribution in [2.24, 2.45) is 0 Å². The SMILES string of the molecule is CCCn1ncnc1CC(Cc1ccc(Cl)cc1Cl)NC. The summed E-state index contributed by atoms with van der Waals surface area (Å²) in [5, 5.41) is 8.96. The highest BCUT2D eigenvalue weighted by Gasteiger charge is 2.14. The number of aryl methyl sites for hydroxylation is 1. The van der Waals surface area contributed by atoms with Gasteiger partial charge < -0.3 is 5.32 Å². The van der Waals surface area contributed by atoms with E-state index in [2.05, 4.69) is 22.3 Å². The van der Waals surface area contributed by atoms with E-state index >= 15 is 0 Å². The first-order valence-corrected chi connectivity index (χ1v) is 7.87. The zero-order valence-electron chi connectivity index (χ0n) is 12.3. The highest BCUT2D eigenvalue weighted by Crippen LogP contribution is 2.22. The maximum atomic E-state index is 6.25. The Balaban J connectivity index is 2.07. The van der Waals surface area contributed by atoms with Gasteiger partial charge in [-0.05, 0) is 37.6 Å². The van der Waals surface area contributed by atoms with Crippen LogP contribution >= 0.6 is 23.2 Å². The number of nitrogens with one attached hydrogen (secondary N) is 1. The maximum Gasteiger partial charge on any atom is 0.138 e. The van der Waals surface area contributed by atoms with Crippen molar-refractivity contribution >= 4 is 23.2 Å². The van der Waals surface area contributed by atoms with Gasteiger partial charge in [0.15, 0.2) is 0 Å². The van der Waals surface area contributed by atoms with E-state index in [0.717, 1.165) is 37.2 Å². The molecule has 2 rings (SSSR count). The van der Waals surface area contributed by atoms with Crippen molar-refractivity contribution in [3.8, 4) is 0 Å². The first kappa shape index (κ1) is 16.3. The Hall–Kier alpha value is -1.10. The van der Waals surface area contributed by atoms with Gasteiger partial charge in [0.2, 0.25) is 0 Å². The lowest BCUT2D eigenvalue weighted by atomic mass is 10.0. The summed E-state index contributed by atoms with van der Waals surface area (Å²) < 4.78 is 1.97. The van der Waals surface area contributed by atoms with Crippen LogP contribution in [0.15, 0.2) is 24.5 Å². The Morgan fingerprint density at radius 3 is 2.76 bits per heavy atom. The summed E-state index contributed by atoms with van der Waals surface area (Å²) in [7, 11) is 1.95. The van der Waals surface area contributed by atoms with E-state index in [-0.39, 0.29) is 6.04 Å². The summed E-state index contributed by atoms with van der Waals surface area (Å²) in [4.78, 5) is 4.36. The van der Waals surface area contributed by atoms with E-state index < -0.39 is 0 Å². The van der Waals surface area contributed by atoms with Gasteiger partial charge in [0.05, 0.1) is 0 Å². The van der Waals surface area contributed by atoms with Crippen molar-refractivity contribution in [1.29, 1.82) is 0 Å². The summed E-state index contributed by atoms with van der Waals surface area (Å²) in [5.74, 6) is 1.00. The predicted molar refractivity (Wildman–Crippen MR) is 87.0 cm³/mol. The molecule has 0 saturated heterocycles. The standard InChI is InChI=1S/C15H20Cl2N4/c1-3-6-21-15(19-10-20-21)9-13(18-2)7-11-4-5-12(16)8-14(11)17/h4-5,8,10,13,18H,3,6-7,9H2,1-2H3. The number of rotatable bonds is 7. The van der Waals surface area contributed by atoms with Gasteiger partial charge in [-0.1, -0.05) is 36.2 Å².